The number of ketones is 4. The Morgan fingerprint density at radius 2 is 0.689 bits per heavy atom. The van der Waals surface area contributed by atoms with E-state index in [0.29, 0.717) is 22.3 Å². The maximum Gasteiger partial charge on any atom is 0.194 e. The van der Waals surface area contributed by atoms with E-state index in [9.17, 15) is 19.2 Å². The number of allylic oxidation sites excluding steroid dienone is 4. The van der Waals surface area contributed by atoms with E-state index in [4.69, 9.17) is 10.2 Å². The summed E-state index contributed by atoms with van der Waals surface area (Å²) in [6.45, 7) is 10.3. The summed E-state index contributed by atoms with van der Waals surface area (Å²) in [5.41, 5.74) is 17.6. The number of carbonyl (C=O) groups is 4. The van der Waals surface area contributed by atoms with Gasteiger partial charge in [0.1, 0.15) is 0 Å². The Morgan fingerprint density at radius 3 is 1.04 bits per heavy atom. The zero-order valence-electron chi connectivity index (χ0n) is 57.1. The van der Waals surface area contributed by atoms with E-state index < -0.39 is 0 Å². The molecule has 1 aliphatic carbocycles. The number of hydrogen-bond donors (Lipinski definition) is 2. The van der Waals surface area contributed by atoms with Crippen molar-refractivity contribution in [2.24, 2.45) is 0 Å². The fourth-order valence-corrected chi connectivity index (χ4v) is 10.0. The molecule has 103 heavy (non-hydrogen) atoms. The molecule has 5 heterocycles. The summed E-state index contributed by atoms with van der Waals surface area (Å²) in [5, 5.41) is 16.7. The number of rotatable bonds is 11. The minimum Gasteiger partial charge on any atom is -0.512 e. The first-order chi connectivity index (χ1) is 48.0. The van der Waals surface area contributed by atoms with Crippen LogP contribution >= 0.6 is 0 Å². The number of fused-ring (bicyclic) bond motifs is 3. The van der Waals surface area contributed by atoms with Gasteiger partial charge in [-0.3, -0.25) is 19.2 Å². The maximum absolute atomic E-state index is 12.3. The van der Waals surface area contributed by atoms with Crippen LogP contribution in [0.4, 0.5) is 0 Å². The predicted molar refractivity (Wildman–Crippen MR) is 394 cm³/mol. The van der Waals surface area contributed by atoms with Crippen LogP contribution < -0.4 is 0 Å². The molecule has 8 aromatic carbocycles. The van der Waals surface area contributed by atoms with Gasteiger partial charge < -0.3 is 35.1 Å². The molecule has 0 fully saturated rings. The third-order valence-electron chi connectivity index (χ3n) is 14.7. The second-order valence-electron chi connectivity index (χ2n) is 22.6. The zero-order chi connectivity index (χ0) is 70.2. The molecule has 15 heteroatoms. The van der Waals surface area contributed by atoms with Gasteiger partial charge in [0.05, 0.1) is 11.5 Å². The maximum atomic E-state index is 12.3. The zero-order valence-corrected chi connectivity index (χ0v) is 66.7. The Morgan fingerprint density at radius 1 is 0.330 bits per heavy atom. The Hall–Kier alpha value is -10.1. The summed E-state index contributed by atoms with van der Waals surface area (Å²) in [6, 6.07) is 103. The van der Waals surface area contributed by atoms with Gasteiger partial charge in [-0.15, -0.1) is 167 Å². The number of aliphatic hydroxyl groups excluding tert-OH is 2. The Balaban J connectivity index is 0.000000262. The van der Waals surface area contributed by atoms with E-state index >= 15 is 0 Å². The van der Waals surface area contributed by atoms with Crippen molar-refractivity contribution >= 4 is 23.1 Å². The third kappa shape index (κ3) is 27.0. The van der Waals surface area contributed by atoms with Crippen molar-refractivity contribution in [3.8, 4) is 67.4 Å². The average molecular weight is 2060 g/mol. The number of aliphatic hydroxyl groups is 2. The van der Waals surface area contributed by atoms with Crippen LogP contribution in [-0.2, 0) is 95.4 Å². The van der Waals surface area contributed by atoms with E-state index in [-0.39, 0.29) is 120 Å². The molecule has 0 saturated heterocycles. The van der Waals surface area contributed by atoms with E-state index in [1.165, 1.54) is 62.1 Å². The number of aromatic nitrogens is 5. The quantitative estimate of drug-likeness (QED) is 0.0546. The van der Waals surface area contributed by atoms with Crippen LogP contribution in [0, 0.1) is 30.3 Å². The van der Waals surface area contributed by atoms with Gasteiger partial charge in [0, 0.05) is 140 Å². The molecule has 4 radical (unpaired) electrons. The van der Waals surface area contributed by atoms with E-state index in [1.807, 2.05) is 219 Å². The molecule has 0 bridgehead atoms. The Labute approximate surface area is 657 Å². The molecule has 14 rings (SSSR count). The van der Waals surface area contributed by atoms with Crippen LogP contribution in [0.1, 0.15) is 84.5 Å². The second-order valence-corrected chi connectivity index (χ2v) is 22.6. The number of carbonyl (C=O) groups excluding carboxylic acids is 4. The SMILES string of the molecule is CC(=O)C=C(C)O.CC(=O)C=C(C)O.CC1(C)c2ccccc2-c2c[c-]c(-c3ccccn3)cc21.O=C(c1c[c-]c(-c2ccccn2)cc1)c1ccccc1.O=C(c1ccccc1)c1ccc(-c2[c-]cccc2)nc1.[Ir].[Ir].[Ir].[Ir].[c-]1ccccc1-c1ccccn1.[c-]1ccccc1-c1ccccn1. The first-order valence-electron chi connectivity index (χ1n) is 31.7. The standard InChI is InChI=1S/C20H16N.2C18H12NO.2C11H8N.2C5H8O2.4Ir/c1-20(2)17-8-4-3-7-15(17)16-11-10-14(13-18(16)20)19-9-5-6-12-21-19;20-18(15-9-5-2-6-10-15)16-11-12-17(19-13-16)14-7-3-1-4-8-14;20-18(15-6-2-1-3-7-15)16-11-9-14(10-12-16)17-8-4-5-13-19-17;2*1-2-6-10(7-3-1)11-8-4-5-9-12-11;2*1-4(6)3-5(2)7;;;;/h3-9,11-13H,1-2H3;1-7,9-13H;1-9,11-13H;2*1-6,8-9H;2*3,6H,1-2H3;;;;/q5*-1;;;;;;. The van der Waals surface area contributed by atoms with Crippen molar-refractivity contribution in [1.29, 1.82) is 0 Å². The van der Waals surface area contributed by atoms with Crippen molar-refractivity contribution < 1.29 is 110 Å². The molecule has 5 aromatic heterocycles. The molecule has 1 aliphatic rings. The van der Waals surface area contributed by atoms with Gasteiger partial charge in [-0.2, -0.15) is 0 Å². The minimum atomic E-state index is -0.125. The molecule has 11 nitrogen and oxygen atoms in total. The normalized spacial score (nSPS) is 10.7. The fourth-order valence-electron chi connectivity index (χ4n) is 10.0. The monoisotopic (exact) mass is 2070 g/mol. The summed E-state index contributed by atoms with van der Waals surface area (Å²) in [5.74, 6) is -0.129. The Bertz CT molecular complexity index is 4410. The van der Waals surface area contributed by atoms with Gasteiger partial charge in [-0.25, -0.2) is 0 Å². The second kappa shape index (κ2) is 45.0. The number of benzene rings is 8. The van der Waals surface area contributed by atoms with Gasteiger partial charge in [-0.1, -0.05) is 176 Å². The van der Waals surface area contributed by atoms with Crippen molar-refractivity contribution in [3.05, 3.63) is 391 Å². The van der Waals surface area contributed by atoms with Crippen LogP contribution in [0.5, 0.6) is 0 Å². The van der Waals surface area contributed by atoms with Crippen molar-refractivity contribution in [1.82, 2.24) is 24.9 Å². The van der Waals surface area contributed by atoms with Crippen LogP contribution in [0.3, 0.4) is 0 Å². The molecule has 13 aromatic rings. The predicted octanol–water partition coefficient (Wildman–Crippen LogP) is 19.6. The molecule has 2 N–H and O–H groups in total. The molecule has 526 valence electrons. The van der Waals surface area contributed by atoms with Crippen molar-refractivity contribution in [3.63, 3.8) is 0 Å². The van der Waals surface area contributed by atoms with E-state index in [1.54, 1.807) is 49.1 Å². The largest absolute Gasteiger partial charge is 0.512 e. The average Bonchev–Trinajstić information content (AvgIpc) is 1.58. The summed E-state index contributed by atoms with van der Waals surface area (Å²) in [7, 11) is 0. The summed E-state index contributed by atoms with van der Waals surface area (Å²) in [6.07, 6.45) is 11.1. The van der Waals surface area contributed by atoms with E-state index in [0.717, 1.165) is 56.3 Å². The summed E-state index contributed by atoms with van der Waals surface area (Å²) in [4.78, 5) is 66.0. The molecule has 0 atom stereocenters. The summed E-state index contributed by atoms with van der Waals surface area (Å²) >= 11 is 0. The molecule has 0 amide bonds. The van der Waals surface area contributed by atoms with Gasteiger partial charge in [-0.05, 0) is 91.4 Å². The molecule has 0 unspecified atom stereocenters. The molecule has 0 spiro atoms. The van der Waals surface area contributed by atoms with Crippen LogP contribution in [0.2, 0.25) is 0 Å². The van der Waals surface area contributed by atoms with Gasteiger partial charge in [0.25, 0.3) is 0 Å². The summed E-state index contributed by atoms with van der Waals surface area (Å²) < 4.78 is 0. The van der Waals surface area contributed by atoms with Crippen molar-refractivity contribution in [2.45, 2.75) is 47.0 Å². The van der Waals surface area contributed by atoms with Crippen LogP contribution in [0.15, 0.2) is 328 Å². The molecule has 0 saturated carbocycles. The number of pyridine rings is 5. The van der Waals surface area contributed by atoms with Gasteiger partial charge in [0.2, 0.25) is 0 Å². The van der Waals surface area contributed by atoms with Crippen molar-refractivity contribution in [2.75, 3.05) is 0 Å². The van der Waals surface area contributed by atoms with E-state index in [2.05, 4.69) is 105 Å². The first-order valence-corrected chi connectivity index (χ1v) is 31.7. The molecular formula is C88H72Ir4N5O6-5. The van der Waals surface area contributed by atoms with Crippen LogP contribution in [0.25, 0.3) is 67.4 Å². The third-order valence-corrected chi connectivity index (χ3v) is 14.7. The van der Waals surface area contributed by atoms with Gasteiger partial charge >= 0.3 is 0 Å². The smallest absolute Gasteiger partial charge is 0.194 e. The Kier molecular flexibility index (Phi) is 37.2. The fraction of sp³-hybridized carbons (Fsp3) is 0.0795. The first kappa shape index (κ1) is 85.3. The molecular weight excluding hydrogens is 1990 g/mol. The number of nitrogens with zero attached hydrogens (tertiary/aromatic N) is 5. The number of hydrogen-bond acceptors (Lipinski definition) is 11. The van der Waals surface area contributed by atoms with Crippen LogP contribution in [-0.4, -0.2) is 58.3 Å². The minimum absolute atomic E-state index is 0. The van der Waals surface area contributed by atoms with Gasteiger partial charge in [0.15, 0.2) is 23.1 Å². The molecule has 0 aliphatic heterocycles. The topological polar surface area (TPSA) is 173 Å².